The second kappa shape index (κ2) is 4.76. The fourth-order valence-electron chi connectivity index (χ4n) is 1.53. The number of methoxy groups -OCH3 is 1. The van der Waals surface area contributed by atoms with Crippen molar-refractivity contribution in [1.82, 2.24) is 4.98 Å². The largest absolute Gasteiger partial charge is 0.481 e. The molecular weight excluding hydrogens is 252 g/mol. The Labute approximate surface area is 109 Å². The van der Waals surface area contributed by atoms with Crippen LogP contribution in [-0.2, 0) is 15.4 Å². The predicted octanol–water partition coefficient (Wildman–Crippen LogP) is 1.78. The molecule has 0 saturated heterocycles. The molecule has 0 aliphatic carbocycles. The molecule has 18 heavy (non-hydrogen) atoms. The maximum Gasteiger partial charge on any atom is 0.233 e. The van der Waals surface area contributed by atoms with Crippen LogP contribution in [-0.4, -0.2) is 33.8 Å². The van der Waals surface area contributed by atoms with Gasteiger partial charge in [0.15, 0.2) is 0 Å². The number of anilines is 1. The highest BCUT2D eigenvalue weighted by atomic mass is 32.2. The number of hydrogen-bond donors (Lipinski definition) is 0. The average Bonchev–Trinajstić information content (AvgIpc) is 2.24. The minimum absolute atomic E-state index is 0.201. The molecule has 1 aromatic heterocycles. The SMILES string of the molecule is COc1ccc(C(C)(C)C)c(N(C)S(C)(=O)=O)n1. The Morgan fingerprint density at radius 2 is 1.83 bits per heavy atom. The van der Waals surface area contributed by atoms with Crippen molar-refractivity contribution in [3.63, 3.8) is 0 Å². The first-order valence-corrected chi connectivity index (χ1v) is 7.41. The fourth-order valence-corrected chi connectivity index (χ4v) is 1.98. The molecule has 0 saturated carbocycles. The van der Waals surface area contributed by atoms with Crippen LogP contribution >= 0.6 is 0 Å². The summed E-state index contributed by atoms with van der Waals surface area (Å²) in [6, 6.07) is 3.59. The smallest absolute Gasteiger partial charge is 0.233 e. The first kappa shape index (κ1) is 14.8. The molecule has 0 aliphatic rings. The highest BCUT2D eigenvalue weighted by molar-refractivity contribution is 7.92. The normalized spacial score (nSPS) is 12.3. The second-order valence-corrected chi connectivity index (χ2v) is 7.22. The molecule has 0 radical (unpaired) electrons. The monoisotopic (exact) mass is 272 g/mol. The van der Waals surface area contributed by atoms with Gasteiger partial charge in [-0.2, -0.15) is 4.98 Å². The summed E-state index contributed by atoms with van der Waals surface area (Å²) in [4.78, 5) is 4.25. The summed E-state index contributed by atoms with van der Waals surface area (Å²) in [5, 5.41) is 0. The van der Waals surface area contributed by atoms with E-state index in [1.54, 1.807) is 6.07 Å². The Balaban J connectivity index is 3.47. The molecule has 0 N–H and O–H groups in total. The number of rotatable bonds is 3. The van der Waals surface area contributed by atoms with Gasteiger partial charge < -0.3 is 4.74 Å². The molecule has 102 valence electrons. The van der Waals surface area contributed by atoms with Crippen LogP contribution in [0.5, 0.6) is 5.88 Å². The molecule has 0 aromatic carbocycles. The molecule has 1 aromatic rings. The predicted molar refractivity (Wildman–Crippen MR) is 72.7 cm³/mol. The topological polar surface area (TPSA) is 59.5 Å². The van der Waals surface area contributed by atoms with E-state index in [-0.39, 0.29) is 5.41 Å². The zero-order chi connectivity index (χ0) is 14.1. The van der Waals surface area contributed by atoms with E-state index in [1.165, 1.54) is 18.5 Å². The molecule has 5 nitrogen and oxygen atoms in total. The van der Waals surface area contributed by atoms with Crippen LogP contribution in [0.1, 0.15) is 26.3 Å². The molecule has 0 fully saturated rings. The van der Waals surface area contributed by atoms with Crippen molar-refractivity contribution < 1.29 is 13.2 Å². The molecule has 0 amide bonds. The molecule has 0 bridgehead atoms. The molecule has 1 heterocycles. The van der Waals surface area contributed by atoms with Crippen LogP contribution in [0.25, 0.3) is 0 Å². The third-order valence-electron chi connectivity index (χ3n) is 2.66. The maximum absolute atomic E-state index is 11.7. The summed E-state index contributed by atoms with van der Waals surface area (Å²) in [5.74, 6) is 0.804. The summed E-state index contributed by atoms with van der Waals surface area (Å²) < 4.78 is 29.5. The van der Waals surface area contributed by atoms with Crippen LogP contribution < -0.4 is 9.04 Å². The van der Waals surface area contributed by atoms with Crippen molar-refractivity contribution in [1.29, 1.82) is 0 Å². The van der Waals surface area contributed by atoms with Gasteiger partial charge in [0, 0.05) is 18.7 Å². The molecule has 6 heteroatoms. The van der Waals surface area contributed by atoms with Gasteiger partial charge in [-0.15, -0.1) is 0 Å². The van der Waals surface area contributed by atoms with E-state index in [2.05, 4.69) is 4.98 Å². The fraction of sp³-hybridized carbons (Fsp3) is 0.583. The minimum Gasteiger partial charge on any atom is -0.481 e. The standard InChI is InChI=1S/C12H20N2O3S/c1-12(2,3)9-7-8-10(17-5)13-11(9)14(4)18(6,15)16/h7-8H,1-6H3. The van der Waals surface area contributed by atoms with Gasteiger partial charge >= 0.3 is 0 Å². The summed E-state index contributed by atoms with van der Waals surface area (Å²) in [5.41, 5.74) is 0.657. The van der Waals surface area contributed by atoms with E-state index >= 15 is 0 Å². The van der Waals surface area contributed by atoms with Crippen molar-refractivity contribution >= 4 is 15.8 Å². The van der Waals surface area contributed by atoms with Crippen LogP contribution in [0.15, 0.2) is 12.1 Å². The van der Waals surface area contributed by atoms with E-state index in [1.807, 2.05) is 26.8 Å². The van der Waals surface area contributed by atoms with Gasteiger partial charge in [-0.25, -0.2) is 8.42 Å². The number of aromatic nitrogens is 1. The van der Waals surface area contributed by atoms with Crippen molar-refractivity contribution in [2.24, 2.45) is 0 Å². The number of hydrogen-bond acceptors (Lipinski definition) is 4. The molecular formula is C12H20N2O3S. The Morgan fingerprint density at radius 1 is 1.28 bits per heavy atom. The lowest BCUT2D eigenvalue weighted by Gasteiger charge is -2.26. The number of pyridine rings is 1. The zero-order valence-electron chi connectivity index (χ0n) is 11.7. The van der Waals surface area contributed by atoms with Gasteiger partial charge in [0.2, 0.25) is 15.9 Å². The zero-order valence-corrected chi connectivity index (χ0v) is 12.5. The lowest BCUT2D eigenvalue weighted by Crippen LogP contribution is -2.29. The maximum atomic E-state index is 11.7. The van der Waals surface area contributed by atoms with Crippen molar-refractivity contribution in [3.8, 4) is 5.88 Å². The van der Waals surface area contributed by atoms with Crippen LogP contribution in [0.4, 0.5) is 5.82 Å². The first-order valence-electron chi connectivity index (χ1n) is 5.57. The number of nitrogens with zero attached hydrogens (tertiary/aromatic N) is 2. The third-order valence-corrected chi connectivity index (χ3v) is 3.83. The molecule has 0 unspecified atom stereocenters. The molecule has 0 atom stereocenters. The van der Waals surface area contributed by atoms with Crippen molar-refractivity contribution in [3.05, 3.63) is 17.7 Å². The summed E-state index contributed by atoms with van der Waals surface area (Å²) in [7, 11) is -0.353. The van der Waals surface area contributed by atoms with Gasteiger partial charge in [-0.05, 0) is 11.5 Å². The second-order valence-electron chi connectivity index (χ2n) is 5.21. The molecule has 1 rings (SSSR count). The van der Waals surface area contributed by atoms with E-state index in [0.717, 1.165) is 11.8 Å². The van der Waals surface area contributed by atoms with Gasteiger partial charge in [0.25, 0.3) is 0 Å². The Kier molecular flexibility index (Phi) is 3.90. The molecule has 0 aliphatic heterocycles. The third kappa shape index (κ3) is 3.13. The summed E-state index contributed by atoms with van der Waals surface area (Å²) in [6.45, 7) is 6.03. The highest BCUT2D eigenvalue weighted by Crippen LogP contribution is 2.32. The van der Waals surface area contributed by atoms with Crippen molar-refractivity contribution in [2.75, 3.05) is 24.7 Å². The van der Waals surface area contributed by atoms with Gasteiger partial charge in [0.1, 0.15) is 5.82 Å². The van der Waals surface area contributed by atoms with Crippen molar-refractivity contribution in [2.45, 2.75) is 26.2 Å². The first-order chi connectivity index (χ1) is 8.07. The number of ether oxygens (including phenoxy) is 1. The van der Waals surface area contributed by atoms with E-state index in [4.69, 9.17) is 4.74 Å². The van der Waals surface area contributed by atoms with Crippen LogP contribution in [0.2, 0.25) is 0 Å². The average molecular weight is 272 g/mol. The van der Waals surface area contributed by atoms with Crippen LogP contribution in [0, 0.1) is 0 Å². The quantitative estimate of drug-likeness (QED) is 0.841. The van der Waals surface area contributed by atoms with Gasteiger partial charge in [0.05, 0.1) is 13.4 Å². The Hall–Kier alpha value is -1.30. The van der Waals surface area contributed by atoms with Crippen LogP contribution in [0.3, 0.4) is 0 Å². The highest BCUT2D eigenvalue weighted by Gasteiger charge is 2.25. The lowest BCUT2D eigenvalue weighted by molar-refractivity contribution is 0.397. The summed E-state index contributed by atoms with van der Waals surface area (Å²) >= 11 is 0. The lowest BCUT2D eigenvalue weighted by atomic mass is 9.87. The molecule has 0 spiro atoms. The Morgan fingerprint density at radius 3 is 2.22 bits per heavy atom. The number of sulfonamides is 1. The summed E-state index contributed by atoms with van der Waals surface area (Å²) in [6.07, 6.45) is 1.15. The van der Waals surface area contributed by atoms with E-state index in [0.29, 0.717) is 11.7 Å². The minimum atomic E-state index is -3.35. The van der Waals surface area contributed by atoms with Gasteiger partial charge in [-0.1, -0.05) is 20.8 Å². The van der Waals surface area contributed by atoms with Gasteiger partial charge in [-0.3, -0.25) is 4.31 Å². The Bertz CT molecular complexity index is 533. The van der Waals surface area contributed by atoms with E-state index < -0.39 is 10.0 Å². The van der Waals surface area contributed by atoms with E-state index in [9.17, 15) is 8.42 Å².